The zero-order valence-corrected chi connectivity index (χ0v) is 8.81. The molecule has 0 fully saturated rings. The molecule has 0 unspecified atom stereocenters. The zero-order valence-electron chi connectivity index (χ0n) is 8.00. The van der Waals surface area contributed by atoms with Crippen LogP contribution in [-0.4, -0.2) is 14.8 Å². The maximum absolute atomic E-state index is 4.35. The van der Waals surface area contributed by atoms with Gasteiger partial charge in [0.15, 0.2) is 0 Å². The van der Waals surface area contributed by atoms with Crippen molar-refractivity contribution in [1.29, 1.82) is 0 Å². The minimum Gasteiger partial charge on any atom is -0.259 e. The van der Waals surface area contributed by atoms with Gasteiger partial charge in [-0.1, -0.05) is 18.2 Å². The van der Waals surface area contributed by atoms with Gasteiger partial charge < -0.3 is 0 Å². The van der Waals surface area contributed by atoms with Gasteiger partial charge in [-0.05, 0) is 6.07 Å². The highest BCUT2D eigenvalue weighted by atomic mass is 32.1. The van der Waals surface area contributed by atoms with Crippen molar-refractivity contribution in [3.63, 3.8) is 0 Å². The van der Waals surface area contributed by atoms with Crippen molar-refractivity contribution in [3.05, 3.63) is 47.0 Å². The molecule has 0 aliphatic rings. The van der Waals surface area contributed by atoms with E-state index in [-0.39, 0.29) is 0 Å². The number of fused-ring (bicyclic) bond motifs is 1. The minimum atomic E-state index is 0.747. The second-order valence-corrected chi connectivity index (χ2v) is 4.06. The van der Waals surface area contributed by atoms with E-state index in [9.17, 15) is 0 Å². The van der Waals surface area contributed by atoms with Gasteiger partial charge >= 0.3 is 0 Å². The Morgan fingerprint density at radius 3 is 3.07 bits per heavy atom. The largest absolute Gasteiger partial charge is 0.259 e. The summed E-state index contributed by atoms with van der Waals surface area (Å²) >= 11 is 1.61. The van der Waals surface area contributed by atoms with Gasteiger partial charge in [0.1, 0.15) is 0 Å². The second-order valence-electron chi connectivity index (χ2n) is 3.34. The van der Waals surface area contributed by atoms with Crippen LogP contribution < -0.4 is 0 Å². The van der Waals surface area contributed by atoms with Gasteiger partial charge in [0.2, 0.25) is 0 Å². The Labute approximate surface area is 91.0 Å². The van der Waals surface area contributed by atoms with Crippen LogP contribution in [-0.2, 0) is 6.54 Å². The minimum absolute atomic E-state index is 0.747. The Morgan fingerprint density at radius 2 is 2.20 bits per heavy atom. The van der Waals surface area contributed by atoms with Gasteiger partial charge in [-0.3, -0.25) is 4.68 Å². The zero-order chi connectivity index (χ0) is 10.1. The molecule has 74 valence electrons. The third-order valence-corrected chi connectivity index (χ3v) is 2.98. The lowest BCUT2D eigenvalue weighted by Gasteiger charge is -1.99. The van der Waals surface area contributed by atoms with Crippen LogP contribution in [0.2, 0.25) is 0 Å². The van der Waals surface area contributed by atoms with Crippen LogP contribution in [0.4, 0.5) is 0 Å². The third-order valence-electron chi connectivity index (χ3n) is 2.35. The first-order chi connectivity index (χ1) is 7.43. The quantitative estimate of drug-likeness (QED) is 0.657. The van der Waals surface area contributed by atoms with E-state index in [4.69, 9.17) is 0 Å². The first-order valence-electron chi connectivity index (χ1n) is 4.71. The van der Waals surface area contributed by atoms with Crippen molar-refractivity contribution in [3.8, 4) is 0 Å². The van der Waals surface area contributed by atoms with Gasteiger partial charge in [0, 0.05) is 10.8 Å². The molecule has 0 spiro atoms. The summed E-state index contributed by atoms with van der Waals surface area (Å²) < 4.78 is 1.98. The fourth-order valence-electron chi connectivity index (χ4n) is 1.62. The Bertz CT molecular complexity index is 568. The van der Waals surface area contributed by atoms with Crippen molar-refractivity contribution in [2.45, 2.75) is 6.54 Å². The average Bonchev–Trinajstić information content (AvgIpc) is 2.89. The summed E-state index contributed by atoms with van der Waals surface area (Å²) in [6, 6.07) is 8.20. The molecule has 0 aliphatic carbocycles. The van der Waals surface area contributed by atoms with Crippen molar-refractivity contribution in [2.24, 2.45) is 0 Å². The van der Waals surface area contributed by atoms with E-state index in [0.29, 0.717) is 0 Å². The number of rotatable bonds is 2. The lowest BCUT2D eigenvalue weighted by molar-refractivity contribution is 0.700. The van der Waals surface area contributed by atoms with Gasteiger partial charge in [-0.15, -0.1) is 11.3 Å². The van der Waals surface area contributed by atoms with E-state index in [2.05, 4.69) is 27.6 Å². The summed E-state index contributed by atoms with van der Waals surface area (Å²) in [4.78, 5) is 4.26. The molecule has 3 aromatic rings. The lowest BCUT2D eigenvalue weighted by atomic mass is 10.2. The summed E-state index contributed by atoms with van der Waals surface area (Å²) in [6.45, 7) is 0.747. The summed E-state index contributed by atoms with van der Waals surface area (Å²) in [6.07, 6.45) is 1.89. The summed E-state index contributed by atoms with van der Waals surface area (Å²) in [5.41, 5.74) is 4.07. The van der Waals surface area contributed by atoms with Gasteiger partial charge in [-0.25, -0.2) is 4.98 Å². The van der Waals surface area contributed by atoms with Crippen LogP contribution in [0.5, 0.6) is 0 Å². The fraction of sp³-hybridized carbons (Fsp3) is 0.0909. The van der Waals surface area contributed by atoms with Crippen molar-refractivity contribution in [1.82, 2.24) is 14.8 Å². The Morgan fingerprint density at radius 1 is 1.27 bits per heavy atom. The topological polar surface area (TPSA) is 30.7 Å². The van der Waals surface area contributed by atoms with Crippen LogP contribution in [0, 0.1) is 0 Å². The number of aromatic nitrogens is 3. The normalized spacial score (nSPS) is 10.9. The van der Waals surface area contributed by atoms with E-state index < -0.39 is 0 Å². The lowest BCUT2D eigenvalue weighted by Crippen LogP contribution is -2.01. The molecule has 0 saturated heterocycles. The summed E-state index contributed by atoms with van der Waals surface area (Å²) in [5.74, 6) is 0. The molecular weight excluding hydrogens is 206 g/mol. The molecule has 0 saturated carbocycles. The SMILES string of the molecule is c1ccc2c(c1)cnn2Cc1cscn1. The van der Waals surface area contributed by atoms with Crippen LogP contribution in [0.25, 0.3) is 10.9 Å². The second kappa shape index (κ2) is 3.47. The molecule has 0 atom stereocenters. The smallest absolute Gasteiger partial charge is 0.0847 e. The average molecular weight is 215 g/mol. The molecule has 0 aliphatic heterocycles. The molecule has 0 bridgehead atoms. The van der Waals surface area contributed by atoms with Crippen LogP contribution >= 0.6 is 11.3 Å². The number of para-hydroxylation sites is 1. The molecule has 3 rings (SSSR count). The van der Waals surface area contributed by atoms with Crippen molar-refractivity contribution >= 4 is 22.2 Å². The molecule has 0 N–H and O–H groups in total. The summed E-state index contributed by atoms with van der Waals surface area (Å²) in [5, 5.41) is 7.58. The van der Waals surface area contributed by atoms with E-state index in [0.717, 1.165) is 17.8 Å². The molecular formula is C11H9N3S. The first kappa shape index (κ1) is 8.61. The predicted molar refractivity (Wildman–Crippen MR) is 60.9 cm³/mol. The first-order valence-corrected chi connectivity index (χ1v) is 5.65. The predicted octanol–water partition coefficient (Wildman–Crippen LogP) is 2.54. The monoisotopic (exact) mass is 215 g/mol. The maximum atomic E-state index is 4.35. The number of hydrogen-bond acceptors (Lipinski definition) is 3. The van der Waals surface area contributed by atoms with E-state index in [1.807, 2.05) is 28.5 Å². The molecule has 3 nitrogen and oxygen atoms in total. The molecule has 15 heavy (non-hydrogen) atoms. The highest BCUT2D eigenvalue weighted by Gasteiger charge is 2.02. The van der Waals surface area contributed by atoms with Gasteiger partial charge in [0.05, 0.1) is 29.5 Å². The van der Waals surface area contributed by atoms with E-state index >= 15 is 0 Å². The Kier molecular flexibility index (Phi) is 1.99. The number of nitrogens with zero attached hydrogens (tertiary/aromatic N) is 3. The molecule has 0 amide bonds. The molecule has 4 heteroatoms. The third kappa shape index (κ3) is 1.53. The standard InChI is InChI=1S/C11H9N3S/c1-2-4-11-9(3-1)5-13-14(11)6-10-7-15-8-12-10/h1-5,7-8H,6H2. The molecule has 0 radical (unpaired) electrons. The molecule has 2 aromatic heterocycles. The maximum Gasteiger partial charge on any atom is 0.0847 e. The van der Waals surface area contributed by atoms with Crippen LogP contribution in [0.3, 0.4) is 0 Å². The van der Waals surface area contributed by atoms with Crippen LogP contribution in [0.1, 0.15) is 5.69 Å². The highest BCUT2D eigenvalue weighted by molar-refractivity contribution is 7.07. The number of thiazole rings is 1. The Hall–Kier alpha value is -1.68. The van der Waals surface area contributed by atoms with Gasteiger partial charge in [0.25, 0.3) is 0 Å². The number of hydrogen-bond donors (Lipinski definition) is 0. The number of benzene rings is 1. The highest BCUT2D eigenvalue weighted by Crippen LogP contribution is 2.14. The van der Waals surface area contributed by atoms with E-state index in [1.54, 1.807) is 11.3 Å². The fourth-order valence-corrected chi connectivity index (χ4v) is 2.17. The Balaban J connectivity index is 2.05. The molecule has 1 aromatic carbocycles. The molecule has 2 heterocycles. The van der Waals surface area contributed by atoms with Crippen molar-refractivity contribution < 1.29 is 0 Å². The van der Waals surface area contributed by atoms with E-state index in [1.165, 1.54) is 5.39 Å². The van der Waals surface area contributed by atoms with Crippen LogP contribution in [0.15, 0.2) is 41.4 Å². The van der Waals surface area contributed by atoms with Crippen molar-refractivity contribution in [2.75, 3.05) is 0 Å². The summed E-state index contributed by atoms with van der Waals surface area (Å²) in [7, 11) is 0. The van der Waals surface area contributed by atoms with Gasteiger partial charge in [-0.2, -0.15) is 5.10 Å².